The molecule has 0 unspecified atom stereocenters. The molecule has 1 N–H and O–H groups in total. The van der Waals surface area contributed by atoms with Crippen molar-refractivity contribution in [3.05, 3.63) is 29.8 Å². The van der Waals surface area contributed by atoms with Gasteiger partial charge in [-0.15, -0.1) is 0 Å². The summed E-state index contributed by atoms with van der Waals surface area (Å²) >= 11 is 0. The average molecular weight is 237 g/mol. The molecular weight excluding hydrogens is 222 g/mol. The number of ether oxygens (including phenoxy) is 1. The lowest BCUT2D eigenvalue weighted by Crippen LogP contribution is -2.29. The lowest BCUT2D eigenvalue weighted by molar-refractivity contribution is -0.135. The monoisotopic (exact) mass is 237 g/mol. The third-order valence-corrected chi connectivity index (χ3v) is 2.34. The van der Waals surface area contributed by atoms with Crippen LogP contribution in [0.25, 0.3) is 0 Å². The van der Waals surface area contributed by atoms with Crippen molar-refractivity contribution in [1.82, 2.24) is 0 Å². The molecule has 0 amide bonds. The van der Waals surface area contributed by atoms with Gasteiger partial charge in [0.1, 0.15) is 6.54 Å². The zero-order valence-electron chi connectivity index (χ0n) is 9.84. The van der Waals surface area contributed by atoms with E-state index in [-0.39, 0.29) is 6.54 Å². The number of aliphatic carboxylic acids is 1. The summed E-state index contributed by atoms with van der Waals surface area (Å²) in [6.07, 6.45) is 0. The van der Waals surface area contributed by atoms with Gasteiger partial charge in [-0.1, -0.05) is 6.07 Å². The fourth-order valence-corrected chi connectivity index (χ4v) is 1.50. The van der Waals surface area contributed by atoms with E-state index < -0.39 is 11.9 Å². The first kappa shape index (κ1) is 13.0. The van der Waals surface area contributed by atoms with Gasteiger partial charge in [-0.3, -0.25) is 4.79 Å². The number of carboxylic acids is 1. The smallest absolute Gasteiger partial charge is 0.337 e. The second-order valence-corrected chi connectivity index (χ2v) is 3.45. The zero-order valence-corrected chi connectivity index (χ0v) is 9.84. The molecule has 0 aromatic heterocycles. The van der Waals surface area contributed by atoms with Crippen LogP contribution in [0.5, 0.6) is 0 Å². The molecule has 0 atom stereocenters. The molecule has 0 fully saturated rings. The Balaban J connectivity index is 2.96. The van der Waals surface area contributed by atoms with Crippen molar-refractivity contribution in [2.75, 3.05) is 25.1 Å². The van der Waals surface area contributed by atoms with Gasteiger partial charge in [0.15, 0.2) is 0 Å². The normalized spacial score (nSPS) is 9.76. The quantitative estimate of drug-likeness (QED) is 0.784. The van der Waals surface area contributed by atoms with Crippen LogP contribution in [0.3, 0.4) is 0 Å². The Hall–Kier alpha value is -2.04. The maximum atomic E-state index is 11.3. The van der Waals surface area contributed by atoms with Crippen LogP contribution in [0.2, 0.25) is 0 Å². The van der Waals surface area contributed by atoms with Gasteiger partial charge < -0.3 is 14.7 Å². The topological polar surface area (TPSA) is 66.8 Å². The summed E-state index contributed by atoms with van der Waals surface area (Å²) in [5.41, 5.74) is 1.10. The molecule has 1 aromatic carbocycles. The van der Waals surface area contributed by atoms with E-state index in [4.69, 9.17) is 5.11 Å². The summed E-state index contributed by atoms with van der Waals surface area (Å²) in [7, 11) is 1.31. The van der Waals surface area contributed by atoms with Gasteiger partial charge in [-0.25, -0.2) is 4.79 Å². The number of esters is 1. The number of nitrogens with zero attached hydrogens (tertiary/aromatic N) is 1. The van der Waals surface area contributed by atoms with Crippen molar-refractivity contribution in [1.29, 1.82) is 0 Å². The van der Waals surface area contributed by atoms with E-state index in [1.54, 1.807) is 29.2 Å². The van der Waals surface area contributed by atoms with Crippen LogP contribution in [-0.2, 0) is 9.53 Å². The lowest BCUT2D eigenvalue weighted by atomic mass is 10.2. The Morgan fingerprint density at radius 3 is 2.65 bits per heavy atom. The minimum atomic E-state index is -0.907. The molecule has 5 heteroatoms. The predicted molar refractivity (Wildman–Crippen MR) is 63.3 cm³/mol. The van der Waals surface area contributed by atoms with E-state index in [2.05, 4.69) is 4.74 Å². The van der Waals surface area contributed by atoms with Crippen molar-refractivity contribution in [3.8, 4) is 0 Å². The molecule has 0 saturated heterocycles. The number of carbonyl (C=O) groups excluding carboxylic acids is 1. The SMILES string of the molecule is CCN(CC(=O)O)c1cccc(C(=O)OC)c1. The summed E-state index contributed by atoms with van der Waals surface area (Å²) in [6.45, 7) is 2.31. The van der Waals surface area contributed by atoms with Gasteiger partial charge >= 0.3 is 11.9 Å². The molecular formula is C12H15NO4. The van der Waals surface area contributed by atoms with Crippen molar-refractivity contribution >= 4 is 17.6 Å². The number of hydrogen-bond donors (Lipinski definition) is 1. The standard InChI is InChI=1S/C12H15NO4/c1-3-13(8-11(14)15)10-6-4-5-9(7-10)12(16)17-2/h4-7H,3,8H2,1-2H3,(H,14,15). The molecule has 0 aliphatic heterocycles. The molecule has 0 bridgehead atoms. The number of rotatable bonds is 5. The number of methoxy groups -OCH3 is 1. The fraction of sp³-hybridized carbons (Fsp3) is 0.333. The summed E-state index contributed by atoms with van der Waals surface area (Å²) < 4.78 is 4.61. The number of hydrogen-bond acceptors (Lipinski definition) is 4. The van der Waals surface area contributed by atoms with E-state index in [9.17, 15) is 9.59 Å². The van der Waals surface area contributed by atoms with Gasteiger partial charge in [-0.05, 0) is 25.1 Å². The number of likely N-dealkylation sites (N-methyl/N-ethyl adjacent to an activating group) is 1. The van der Waals surface area contributed by atoms with E-state index in [1.807, 2.05) is 6.92 Å². The molecule has 1 rings (SSSR count). The van der Waals surface area contributed by atoms with Crippen molar-refractivity contribution in [3.63, 3.8) is 0 Å². The number of carboxylic acid groups (broad SMARTS) is 1. The fourth-order valence-electron chi connectivity index (χ4n) is 1.50. The van der Waals surface area contributed by atoms with Crippen LogP contribution in [0.15, 0.2) is 24.3 Å². The largest absolute Gasteiger partial charge is 0.480 e. The lowest BCUT2D eigenvalue weighted by Gasteiger charge is -2.21. The highest BCUT2D eigenvalue weighted by Crippen LogP contribution is 2.16. The first-order chi connectivity index (χ1) is 8.08. The van der Waals surface area contributed by atoms with E-state index in [0.29, 0.717) is 17.8 Å². The van der Waals surface area contributed by atoms with Crippen LogP contribution >= 0.6 is 0 Å². The third kappa shape index (κ3) is 3.48. The van der Waals surface area contributed by atoms with E-state index in [0.717, 1.165) is 0 Å². The predicted octanol–water partition coefficient (Wildman–Crippen LogP) is 1.38. The second-order valence-electron chi connectivity index (χ2n) is 3.45. The Morgan fingerprint density at radius 1 is 1.41 bits per heavy atom. The van der Waals surface area contributed by atoms with Crippen LogP contribution < -0.4 is 4.90 Å². The maximum Gasteiger partial charge on any atom is 0.337 e. The Kier molecular flexibility index (Phi) is 4.51. The maximum absolute atomic E-state index is 11.3. The molecule has 0 radical (unpaired) electrons. The van der Waals surface area contributed by atoms with Gasteiger partial charge in [0, 0.05) is 12.2 Å². The summed E-state index contributed by atoms with van der Waals surface area (Å²) in [5, 5.41) is 8.77. The van der Waals surface area contributed by atoms with Crippen LogP contribution in [0.4, 0.5) is 5.69 Å². The summed E-state index contributed by atoms with van der Waals surface area (Å²) in [6, 6.07) is 6.72. The molecule has 0 aliphatic carbocycles. The zero-order chi connectivity index (χ0) is 12.8. The minimum Gasteiger partial charge on any atom is -0.480 e. The van der Waals surface area contributed by atoms with E-state index >= 15 is 0 Å². The first-order valence-electron chi connectivity index (χ1n) is 5.23. The van der Waals surface area contributed by atoms with Gasteiger partial charge in [0.25, 0.3) is 0 Å². The van der Waals surface area contributed by atoms with Crippen molar-refractivity contribution in [2.45, 2.75) is 6.92 Å². The Morgan fingerprint density at radius 2 is 2.12 bits per heavy atom. The third-order valence-electron chi connectivity index (χ3n) is 2.34. The molecule has 5 nitrogen and oxygen atoms in total. The molecule has 1 aromatic rings. The second kappa shape index (κ2) is 5.89. The molecule has 17 heavy (non-hydrogen) atoms. The van der Waals surface area contributed by atoms with Gasteiger partial charge in [-0.2, -0.15) is 0 Å². The number of anilines is 1. The highest BCUT2D eigenvalue weighted by molar-refractivity contribution is 5.90. The summed E-state index contributed by atoms with van der Waals surface area (Å²) in [4.78, 5) is 23.7. The molecule has 0 saturated carbocycles. The number of benzene rings is 1. The highest BCUT2D eigenvalue weighted by Gasteiger charge is 2.11. The van der Waals surface area contributed by atoms with Gasteiger partial charge in [0.2, 0.25) is 0 Å². The van der Waals surface area contributed by atoms with Gasteiger partial charge in [0.05, 0.1) is 12.7 Å². The van der Waals surface area contributed by atoms with Crippen LogP contribution in [0.1, 0.15) is 17.3 Å². The Labute approximate surface area is 99.6 Å². The average Bonchev–Trinajstić information content (AvgIpc) is 2.34. The molecule has 0 heterocycles. The van der Waals surface area contributed by atoms with Crippen molar-refractivity contribution < 1.29 is 19.4 Å². The Bertz CT molecular complexity index is 417. The van der Waals surface area contributed by atoms with Crippen LogP contribution in [-0.4, -0.2) is 37.2 Å². The van der Waals surface area contributed by atoms with E-state index in [1.165, 1.54) is 7.11 Å². The number of carbonyl (C=O) groups is 2. The first-order valence-corrected chi connectivity index (χ1v) is 5.23. The molecule has 0 aliphatic rings. The van der Waals surface area contributed by atoms with Crippen molar-refractivity contribution in [2.24, 2.45) is 0 Å². The van der Waals surface area contributed by atoms with Crippen LogP contribution in [0, 0.1) is 0 Å². The minimum absolute atomic E-state index is 0.0961. The molecule has 0 spiro atoms. The molecule has 92 valence electrons. The highest BCUT2D eigenvalue weighted by atomic mass is 16.5. The summed E-state index contributed by atoms with van der Waals surface area (Å²) in [5.74, 6) is -1.34.